The van der Waals surface area contributed by atoms with E-state index in [1.165, 1.54) is 24.2 Å². The lowest BCUT2D eigenvalue weighted by molar-refractivity contribution is -0.147. The van der Waals surface area contributed by atoms with Crippen LogP contribution in [0, 0.1) is 29.6 Å². The molecule has 12 unspecified atom stereocenters. The number of nitrogens with one attached hydrogen (secondary N) is 6. The second-order valence-corrected chi connectivity index (χ2v) is 25.8. The highest BCUT2D eigenvalue weighted by Crippen LogP contribution is 2.31. The second kappa shape index (κ2) is 38.6. The van der Waals surface area contributed by atoms with E-state index in [2.05, 4.69) is 31.9 Å². The van der Waals surface area contributed by atoms with Crippen LogP contribution in [0.15, 0.2) is 66.7 Å². The predicted molar refractivity (Wildman–Crippen MR) is 353 cm³/mol. The average Bonchev–Trinajstić information content (AvgIpc) is 1.90. The van der Waals surface area contributed by atoms with Gasteiger partial charge in [-0.25, -0.2) is 9.59 Å². The Morgan fingerprint density at radius 2 is 1.39 bits per heavy atom. The molecule has 0 spiro atoms. The quantitative estimate of drug-likeness (QED) is 0.0301. The van der Waals surface area contributed by atoms with Crippen molar-refractivity contribution in [2.45, 2.75) is 201 Å². The van der Waals surface area contributed by atoms with Gasteiger partial charge >= 0.3 is 12.1 Å². The minimum Gasteiger partial charge on any atom is -0.445 e. The molecule has 2 aromatic carbocycles. The number of methoxy groups -OCH3 is 2. The largest absolute Gasteiger partial charge is 0.445 e. The standard InChI is InChI=1S/C68H107N11O14/c1-15-44(8)60(53(91-13)38-57(83)78-37-23-27-51(78)62(92-14)45(9)63(85)72-46(10)61(84)48-24-18-16-19-25-48)77(12)66(88)59(43(6)7)71-39-52(41(2)3)76(11)68(90)93-40-47-29-31-49(32-30-47)73-64(86)50(26-22-35-70-67(69)89)74-65(87)58(42(4)5)75-54(80)28-20-17-21-36-79-55(81)33-34-56(79)82/h16,18-19,24-25,29-34,41-46,50-53,58-62,71,84H,15,17,20-23,26-28,35-40H2,1-14H3,(H,72,85)(H,73,86)(H,74,87)(H,75,80)(H3,69,70,89). The Morgan fingerprint density at radius 1 is 0.742 bits per heavy atom. The average molecular weight is 1300 g/mol. The molecule has 9 N–H and O–H groups in total. The van der Waals surface area contributed by atoms with Crippen molar-refractivity contribution in [3.63, 3.8) is 0 Å². The lowest BCUT2D eigenvalue weighted by Gasteiger charge is -2.41. The third-order valence-electron chi connectivity index (χ3n) is 17.9. The highest BCUT2D eigenvalue weighted by atomic mass is 16.6. The van der Waals surface area contributed by atoms with Crippen molar-refractivity contribution in [1.82, 2.24) is 46.2 Å². The van der Waals surface area contributed by atoms with Gasteiger partial charge in [0.05, 0.1) is 54.8 Å². The van der Waals surface area contributed by atoms with E-state index in [1.54, 1.807) is 95.1 Å². The Hall–Kier alpha value is -7.48. The van der Waals surface area contributed by atoms with E-state index in [0.717, 1.165) is 4.90 Å². The van der Waals surface area contributed by atoms with Crippen LogP contribution in [0.2, 0.25) is 0 Å². The van der Waals surface area contributed by atoms with Gasteiger partial charge in [0.1, 0.15) is 18.7 Å². The minimum absolute atomic E-state index is 0.0219. The number of likely N-dealkylation sites (N-methyl/N-ethyl adjacent to an activating group) is 2. The second-order valence-electron chi connectivity index (χ2n) is 25.8. The number of likely N-dealkylation sites (tertiary alicyclic amines) is 1. The number of urea groups is 1. The molecular weight excluding hydrogens is 1190 g/mol. The summed E-state index contributed by atoms with van der Waals surface area (Å²) in [7, 11) is 6.47. The summed E-state index contributed by atoms with van der Waals surface area (Å²) in [6, 6.07) is 10.3. The summed E-state index contributed by atoms with van der Waals surface area (Å²) < 4.78 is 17.9. The maximum atomic E-state index is 14.8. The highest BCUT2D eigenvalue weighted by Gasteiger charge is 2.43. The molecule has 1 saturated heterocycles. The third kappa shape index (κ3) is 23.5. The van der Waals surface area contributed by atoms with Gasteiger partial charge in [-0.2, -0.15) is 0 Å². The fourth-order valence-corrected chi connectivity index (χ4v) is 12.1. The number of anilines is 1. The Kier molecular flexibility index (Phi) is 32.4. The Labute approximate surface area is 550 Å². The third-order valence-corrected chi connectivity index (χ3v) is 17.9. The number of nitrogens with two attached hydrogens (primary N) is 1. The number of nitrogens with zero attached hydrogens (tertiary/aromatic N) is 4. The van der Waals surface area contributed by atoms with Crippen LogP contribution in [-0.4, -0.2) is 193 Å². The van der Waals surface area contributed by atoms with Gasteiger partial charge in [0.2, 0.25) is 35.4 Å². The van der Waals surface area contributed by atoms with Crippen LogP contribution in [0.25, 0.3) is 0 Å². The SMILES string of the molecule is CCC(C)C(C(CC(=O)N1CCCC1C(OC)C(C)C(=O)NC(C)C(O)c1ccccc1)OC)N(C)C(=O)C(NCC(C(C)C)N(C)C(=O)OCc1ccc(NC(=O)C(CCCNC(N)=O)NC(=O)C(NC(=O)CCCCCN2C(=O)C=CC2=O)C(C)C)cc1)C(C)C. The number of carbonyl (C=O) groups is 10. The number of benzene rings is 2. The number of hydrogen-bond donors (Lipinski definition) is 8. The summed E-state index contributed by atoms with van der Waals surface area (Å²) >= 11 is 0. The molecule has 25 heteroatoms. The van der Waals surface area contributed by atoms with Gasteiger partial charge in [-0.15, -0.1) is 0 Å². The van der Waals surface area contributed by atoms with Gasteiger partial charge in [-0.1, -0.05) is 118 Å². The summed E-state index contributed by atoms with van der Waals surface area (Å²) in [5.74, 6) is -4.29. The summed E-state index contributed by atoms with van der Waals surface area (Å²) in [6.45, 7) is 19.9. The van der Waals surface area contributed by atoms with E-state index in [0.29, 0.717) is 61.9 Å². The molecule has 4 rings (SSSR count). The Balaban J connectivity index is 1.35. The zero-order chi connectivity index (χ0) is 69.2. The minimum atomic E-state index is -1.08. The van der Waals surface area contributed by atoms with E-state index in [1.807, 2.05) is 59.7 Å². The number of unbranched alkanes of at least 4 members (excludes halogenated alkanes) is 2. The van der Waals surface area contributed by atoms with E-state index >= 15 is 0 Å². The molecule has 2 aliphatic rings. The number of primary amides is 1. The van der Waals surface area contributed by atoms with E-state index < -0.39 is 90.5 Å². The van der Waals surface area contributed by atoms with Crippen LogP contribution in [0.1, 0.15) is 151 Å². The first-order valence-corrected chi connectivity index (χ1v) is 32.9. The number of carbonyl (C=O) groups excluding carboxylic acids is 10. The summed E-state index contributed by atoms with van der Waals surface area (Å²) in [5.41, 5.74) is 6.93. The molecule has 1 fully saturated rings. The van der Waals surface area contributed by atoms with Crippen LogP contribution < -0.4 is 37.6 Å². The molecule has 11 amide bonds. The molecule has 2 aliphatic heterocycles. The normalized spacial score (nSPS) is 17.5. The molecule has 93 heavy (non-hydrogen) atoms. The zero-order valence-corrected chi connectivity index (χ0v) is 57.2. The number of hydrogen-bond acceptors (Lipinski definition) is 15. The number of amides is 11. The van der Waals surface area contributed by atoms with Crippen molar-refractivity contribution in [1.29, 1.82) is 0 Å². The van der Waals surface area contributed by atoms with Crippen molar-refractivity contribution < 1.29 is 67.3 Å². The van der Waals surface area contributed by atoms with Crippen molar-refractivity contribution in [2.24, 2.45) is 35.3 Å². The van der Waals surface area contributed by atoms with Crippen molar-refractivity contribution in [3.05, 3.63) is 77.9 Å². The molecule has 25 nitrogen and oxygen atoms in total. The molecule has 0 aliphatic carbocycles. The maximum Gasteiger partial charge on any atom is 0.410 e. The van der Waals surface area contributed by atoms with Crippen molar-refractivity contribution in [3.8, 4) is 0 Å². The molecule has 12 atom stereocenters. The fraction of sp³-hybridized carbons (Fsp3) is 0.647. The van der Waals surface area contributed by atoms with Gasteiger partial charge in [-0.05, 0) is 92.4 Å². The van der Waals surface area contributed by atoms with E-state index in [9.17, 15) is 53.1 Å². The topological polar surface area (TPSA) is 330 Å². The van der Waals surface area contributed by atoms with Crippen LogP contribution in [0.5, 0.6) is 0 Å². The molecule has 0 bridgehead atoms. The van der Waals surface area contributed by atoms with Crippen LogP contribution in [-0.2, 0) is 59.2 Å². The van der Waals surface area contributed by atoms with Gasteiger partial charge in [0.25, 0.3) is 11.8 Å². The van der Waals surface area contributed by atoms with Gasteiger partial charge in [-0.3, -0.25) is 43.3 Å². The Bertz CT molecular complexity index is 2790. The monoisotopic (exact) mass is 1300 g/mol. The van der Waals surface area contributed by atoms with Gasteiger partial charge in [0.15, 0.2) is 0 Å². The number of rotatable bonds is 39. The first kappa shape index (κ1) is 78.0. The lowest BCUT2D eigenvalue weighted by atomic mass is 9.89. The number of aliphatic hydroxyl groups excluding tert-OH is 1. The van der Waals surface area contributed by atoms with E-state index in [4.69, 9.17) is 19.9 Å². The summed E-state index contributed by atoms with van der Waals surface area (Å²) in [6.07, 6.45) is 3.63. The summed E-state index contributed by atoms with van der Waals surface area (Å²) in [4.78, 5) is 139. The lowest BCUT2D eigenvalue weighted by Crippen LogP contribution is -2.58. The van der Waals surface area contributed by atoms with Gasteiger partial charge in [0, 0.05) is 84.8 Å². The molecule has 518 valence electrons. The first-order valence-electron chi connectivity index (χ1n) is 32.9. The molecule has 0 aromatic heterocycles. The van der Waals surface area contributed by atoms with E-state index in [-0.39, 0.29) is 111 Å². The Morgan fingerprint density at radius 3 is 1.97 bits per heavy atom. The molecular formula is C68H107N11O14. The number of ether oxygens (including phenoxy) is 3. The van der Waals surface area contributed by atoms with Crippen molar-refractivity contribution >= 4 is 65.1 Å². The molecule has 0 radical (unpaired) electrons. The summed E-state index contributed by atoms with van der Waals surface area (Å²) in [5, 5.41) is 28.3. The van der Waals surface area contributed by atoms with Crippen molar-refractivity contribution in [2.75, 3.05) is 59.8 Å². The molecule has 0 saturated carbocycles. The van der Waals surface area contributed by atoms with Crippen LogP contribution in [0.3, 0.4) is 0 Å². The number of aliphatic hydroxyl groups is 1. The first-order chi connectivity index (χ1) is 44.1. The maximum absolute atomic E-state index is 14.8. The molecule has 2 aromatic rings. The van der Waals surface area contributed by atoms with Crippen LogP contribution >= 0.6 is 0 Å². The zero-order valence-electron chi connectivity index (χ0n) is 57.2. The molecule has 2 heterocycles. The predicted octanol–water partition coefficient (Wildman–Crippen LogP) is 5.55. The number of imide groups is 1. The van der Waals surface area contributed by atoms with Gasteiger partial charge < -0.3 is 71.7 Å². The highest BCUT2D eigenvalue weighted by molar-refractivity contribution is 6.12. The smallest absolute Gasteiger partial charge is 0.410 e. The fourth-order valence-electron chi connectivity index (χ4n) is 12.1. The van der Waals surface area contributed by atoms with Crippen LogP contribution in [0.4, 0.5) is 15.3 Å².